The van der Waals surface area contributed by atoms with Gasteiger partial charge in [-0.3, -0.25) is 9.52 Å². The molecule has 0 radical (unpaired) electrons. The average molecular weight is 478 g/mol. The number of likely N-dealkylation sites (N-methyl/N-ethyl adjacent to an activating group) is 1. The number of rotatable bonds is 8. The number of aliphatic hydroxyl groups excluding tert-OH is 1. The number of nitrogens with zero attached hydrogens (tertiary/aromatic N) is 1. The van der Waals surface area contributed by atoms with E-state index in [1.54, 1.807) is 49.2 Å². The van der Waals surface area contributed by atoms with Crippen LogP contribution in [0.1, 0.15) is 24.2 Å². The first kappa shape index (κ1) is 24.8. The van der Waals surface area contributed by atoms with Crippen molar-refractivity contribution in [3.05, 3.63) is 48.0 Å². The Balaban J connectivity index is 2.06. The summed E-state index contributed by atoms with van der Waals surface area (Å²) in [5.41, 5.74) is 0.404. The van der Waals surface area contributed by atoms with E-state index in [1.165, 1.54) is 19.2 Å². The van der Waals surface area contributed by atoms with Crippen molar-refractivity contribution in [2.45, 2.75) is 30.9 Å². The van der Waals surface area contributed by atoms with Crippen molar-refractivity contribution >= 4 is 21.6 Å². The fourth-order valence-electron chi connectivity index (χ4n) is 3.73. The van der Waals surface area contributed by atoms with Gasteiger partial charge in [0.1, 0.15) is 11.9 Å². The maximum absolute atomic E-state index is 13.4. The molecule has 1 amide bonds. The highest BCUT2D eigenvalue weighted by Crippen LogP contribution is 2.36. The number of carbonyl (C=O) groups excluding carboxylic acids is 1. The number of para-hydroxylation sites is 1. The van der Waals surface area contributed by atoms with E-state index in [0.29, 0.717) is 18.8 Å². The van der Waals surface area contributed by atoms with Crippen molar-refractivity contribution in [3.8, 4) is 11.5 Å². The molecule has 0 aromatic heterocycles. The first-order valence-corrected chi connectivity index (χ1v) is 12.2. The van der Waals surface area contributed by atoms with Gasteiger partial charge in [-0.25, -0.2) is 8.42 Å². The number of sulfonamides is 1. The fraction of sp³-hybridized carbons (Fsp3) is 0.435. The summed E-state index contributed by atoms with van der Waals surface area (Å²) < 4.78 is 40.0. The summed E-state index contributed by atoms with van der Waals surface area (Å²) in [7, 11) is -0.654. The number of nitrogens with one attached hydrogen (secondary N) is 2. The molecule has 3 atom stereocenters. The summed E-state index contributed by atoms with van der Waals surface area (Å²) in [5.74, 6) is 0.304. The van der Waals surface area contributed by atoms with E-state index in [1.807, 2.05) is 6.92 Å². The van der Waals surface area contributed by atoms with Gasteiger partial charge in [-0.2, -0.15) is 0 Å². The van der Waals surface area contributed by atoms with Crippen LogP contribution in [0.4, 0.5) is 5.69 Å². The van der Waals surface area contributed by atoms with E-state index >= 15 is 0 Å². The van der Waals surface area contributed by atoms with Gasteiger partial charge >= 0.3 is 0 Å². The number of aliphatic hydroxyl groups is 1. The molecule has 1 aliphatic heterocycles. The van der Waals surface area contributed by atoms with Gasteiger partial charge in [-0.1, -0.05) is 13.0 Å². The van der Waals surface area contributed by atoms with Crippen LogP contribution in [-0.4, -0.2) is 70.3 Å². The molecule has 3 N–H and O–H groups in total. The molecule has 3 rings (SSSR count). The minimum absolute atomic E-state index is 0.0498. The molecule has 0 spiro atoms. The fourth-order valence-corrected chi connectivity index (χ4v) is 4.79. The zero-order valence-corrected chi connectivity index (χ0v) is 20.1. The topological polar surface area (TPSA) is 117 Å². The molecule has 0 fully saturated rings. The maximum atomic E-state index is 13.4. The lowest BCUT2D eigenvalue weighted by Crippen LogP contribution is -2.49. The molecule has 1 heterocycles. The van der Waals surface area contributed by atoms with Gasteiger partial charge < -0.3 is 24.8 Å². The Morgan fingerprint density at radius 2 is 1.94 bits per heavy atom. The molecular weight excluding hydrogens is 446 g/mol. The zero-order chi connectivity index (χ0) is 24.2. The van der Waals surface area contributed by atoms with Gasteiger partial charge in [-0.05, 0) is 50.4 Å². The lowest BCUT2D eigenvalue weighted by Gasteiger charge is -2.37. The number of amides is 1. The molecule has 0 saturated heterocycles. The van der Waals surface area contributed by atoms with E-state index in [0.717, 1.165) is 0 Å². The van der Waals surface area contributed by atoms with Crippen LogP contribution < -0.4 is 19.5 Å². The molecule has 0 aliphatic carbocycles. The van der Waals surface area contributed by atoms with Crippen molar-refractivity contribution in [3.63, 3.8) is 0 Å². The summed E-state index contributed by atoms with van der Waals surface area (Å²) in [4.78, 5) is 15.0. The molecule has 2 aromatic carbocycles. The molecule has 0 bridgehead atoms. The third-order valence-corrected chi connectivity index (χ3v) is 7.09. The number of carbonyl (C=O) groups is 1. The van der Waals surface area contributed by atoms with Crippen molar-refractivity contribution in [2.75, 3.05) is 38.6 Å². The smallest absolute Gasteiger partial charge is 0.262 e. The standard InChI is InChI=1S/C23H31N3O6S/c1-15-13-26(16(2)14-27)23(28)19-6-5-7-20(22(19)32-21(15)12-24-3)25-33(29,30)18-10-8-17(31-4)9-11-18/h5-11,15-16,21,24-25,27H,12-14H2,1-4H3/t15-,16+,21+/m0/s1. The van der Waals surface area contributed by atoms with E-state index in [9.17, 15) is 18.3 Å². The molecule has 10 heteroatoms. The molecule has 0 unspecified atom stereocenters. The van der Waals surface area contributed by atoms with Crippen LogP contribution in [-0.2, 0) is 10.0 Å². The first-order valence-electron chi connectivity index (χ1n) is 10.7. The Kier molecular flexibility index (Phi) is 7.83. The number of hydrogen-bond donors (Lipinski definition) is 3. The Labute approximate surface area is 194 Å². The summed E-state index contributed by atoms with van der Waals surface area (Å²) in [6.45, 7) is 4.44. The van der Waals surface area contributed by atoms with E-state index in [2.05, 4.69) is 10.0 Å². The highest BCUT2D eigenvalue weighted by atomic mass is 32.2. The van der Waals surface area contributed by atoms with E-state index < -0.39 is 16.1 Å². The van der Waals surface area contributed by atoms with Gasteiger partial charge in [0.15, 0.2) is 5.75 Å². The molecule has 1 aliphatic rings. The summed E-state index contributed by atoms with van der Waals surface area (Å²) in [6, 6.07) is 10.4. The molecular formula is C23H31N3O6S. The van der Waals surface area contributed by atoms with E-state index in [-0.39, 0.29) is 46.4 Å². The van der Waals surface area contributed by atoms with Crippen molar-refractivity contribution in [1.29, 1.82) is 0 Å². The van der Waals surface area contributed by atoms with Crippen LogP contribution in [0.25, 0.3) is 0 Å². The molecule has 180 valence electrons. The van der Waals surface area contributed by atoms with Gasteiger partial charge in [0, 0.05) is 19.0 Å². The van der Waals surface area contributed by atoms with Crippen molar-refractivity contribution in [1.82, 2.24) is 10.2 Å². The second-order valence-electron chi connectivity index (χ2n) is 8.14. The van der Waals surface area contributed by atoms with Gasteiger partial charge in [0.05, 0.1) is 35.9 Å². The maximum Gasteiger partial charge on any atom is 0.262 e. The number of benzene rings is 2. The Morgan fingerprint density at radius 1 is 1.24 bits per heavy atom. The second kappa shape index (κ2) is 10.4. The van der Waals surface area contributed by atoms with Crippen molar-refractivity contribution in [2.24, 2.45) is 5.92 Å². The monoisotopic (exact) mass is 477 g/mol. The number of anilines is 1. The largest absolute Gasteiger partial charge is 0.497 e. The Morgan fingerprint density at radius 3 is 2.55 bits per heavy atom. The van der Waals surface area contributed by atoms with Gasteiger partial charge in [-0.15, -0.1) is 0 Å². The highest BCUT2D eigenvalue weighted by Gasteiger charge is 2.34. The first-order chi connectivity index (χ1) is 15.7. The SMILES string of the molecule is CNC[C@H]1Oc2c(NS(=O)(=O)c3ccc(OC)cc3)cccc2C(=O)N([C@H](C)CO)C[C@@H]1C. The normalized spacial score (nSPS) is 19.7. The third kappa shape index (κ3) is 5.40. The van der Waals surface area contributed by atoms with Gasteiger partial charge in [0.25, 0.3) is 15.9 Å². The van der Waals surface area contributed by atoms with Crippen LogP contribution in [0.15, 0.2) is 47.4 Å². The van der Waals surface area contributed by atoms with Crippen LogP contribution in [0.5, 0.6) is 11.5 Å². The number of ether oxygens (including phenoxy) is 2. The minimum Gasteiger partial charge on any atom is -0.497 e. The summed E-state index contributed by atoms with van der Waals surface area (Å²) in [5, 5.41) is 12.8. The van der Waals surface area contributed by atoms with Crippen LogP contribution in [0.3, 0.4) is 0 Å². The number of methoxy groups -OCH3 is 1. The molecule has 0 saturated carbocycles. The second-order valence-corrected chi connectivity index (χ2v) is 9.83. The minimum atomic E-state index is -3.95. The van der Waals surface area contributed by atoms with Gasteiger partial charge in [0.2, 0.25) is 0 Å². The third-order valence-electron chi connectivity index (χ3n) is 5.71. The lowest BCUT2D eigenvalue weighted by molar-refractivity contribution is 0.0417. The number of hydrogen-bond acceptors (Lipinski definition) is 7. The Bertz CT molecular complexity index is 1070. The predicted octanol–water partition coefficient (Wildman–Crippen LogP) is 1.94. The van der Waals surface area contributed by atoms with Crippen LogP contribution >= 0.6 is 0 Å². The molecule has 9 nitrogen and oxygen atoms in total. The molecule has 33 heavy (non-hydrogen) atoms. The number of fused-ring (bicyclic) bond motifs is 1. The quantitative estimate of drug-likeness (QED) is 0.532. The predicted molar refractivity (Wildman–Crippen MR) is 125 cm³/mol. The Hall–Kier alpha value is -2.82. The van der Waals surface area contributed by atoms with E-state index in [4.69, 9.17) is 9.47 Å². The average Bonchev–Trinajstić information content (AvgIpc) is 2.81. The molecule has 2 aromatic rings. The summed E-state index contributed by atoms with van der Waals surface area (Å²) in [6.07, 6.45) is -0.332. The highest BCUT2D eigenvalue weighted by molar-refractivity contribution is 7.92. The van der Waals surface area contributed by atoms with Crippen molar-refractivity contribution < 1.29 is 27.8 Å². The van der Waals surface area contributed by atoms with Crippen LogP contribution in [0, 0.1) is 5.92 Å². The summed E-state index contributed by atoms with van der Waals surface area (Å²) >= 11 is 0. The lowest BCUT2D eigenvalue weighted by atomic mass is 9.99. The van der Waals surface area contributed by atoms with Crippen LogP contribution in [0.2, 0.25) is 0 Å². The zero-order valence-electron chi connectivity index (χ0n) is 19.2.